The van der Waals surface area contributed by atoms with Crippen LogP contribution in [0.25, 0.3) is 0 Å². The molecule has 1 aromatic carbocycles. The summed E-state index contributed by atoms with van der Waals surface area (Å²) in [5, 5.41) is 1.80. The van der Waals surface area contributed by atoms with Crippen molar-refractivity contribution >= 4 is 8.07 Å². The third-order valence-corrected chi connectivity index (χ3v) is 6.13. The van der Waals surface area contributed by atoms with Crippen molar-refractivity contribution in [2.45, 2.75) is 37.9 Å². The number of hydrogen-bond donors (Lipinski definition) is 0. The first-order valence-electron chi connectivity index (χ1n) is 5.88. The van der Waals surface area contributed by atoms with Crippen LogP contribution in [-0.2, 0) is 0 Å². The number of benzene rings is 1. The van der Waals surface area contributed by atoms with Gasteiger partial charge in [-0.05, 0) is 17.5 Å². The molecule has 1 heteroatoms. The number of allylic oxidation sites excluding steroid dienone is 2. The molecule has 1 aromatic rings. The van der Waals surface area contributed by atoms with Gasteiger partial charge in [0.05, 0.1) is 8.07 Å². The van der Waals surface area contributed by atoms with E-state index in [9.17, 15) is 0 Å². The van der Waals surface area contributed by atoms with Crippen molar-refractivity contribution in [3.8, 4) is 0 Å². The zero-order chi connectivity index (χ0) is 10.6. The lowest BCUT2D eigenvalue weighted by Crippen LogP contribution is -2.27. The third kappa shape index (κ3) is 1.26. The maximum atomic E-state index is 2.58. The van der Waals surface area contributed by atoms with Crippen molar-refractivity contribution in [1.82, 2.24) is 0 Å². The molecule has 78 valence electrons. The maximum Gasteiger partial charge on any atom is 0.0728 e. The van der Waals surface area contributed by atoms with Gasteiger partial charge in [-0.15, -0.1) is 0 Å². The molecule has 2 bridgehead atoms. The van der Waals surface area contributed by atoms with Crippen molar-refractivity contribution in [2.24, 2.45) is 0 Å². The van der Waals surface area contributed by atoms with Crippen LogP contribution in [0.15, 0.2) is 35.5 Å². The first kappa shape index (κ1) is 9.41. The molecule has 0 aromatic heterocycles. The Labute approximate surface area is 93.0 Å². The van der Waals surface area contributed by atoms with Crippen molar-refractivity contribution < 1.29 is 0 Å². The first-order chi connectivity index (χ1) is 7.07. The topological polar surface area (TPSA) is 0 Å². The van der Waals surface area contributed by atoms with Gasteiger partial charge >= 0.3 is 0 Å². The Bertz CT molecular complexity index is 437. The van der Waals surface area contributed by atoms with Crippen LogP contribution < -0.4 is 0 Å². The Morgan fingerprint density at radius 1 is 1.07 bits per heavy atom. The molecule has 0 radical (unpaired) electrons. The van der Waals surface area contributed by atoms with Crippen LogP contribution in [0.2, 0.25) is 19.6 Å². The van der Waals surface area contributed by atoms with E-state index >= 15 is 0 Å². The molecule has 0 heterocycles. The number of fused-ring (bicyclic) bond motifs is 5. The minimum atomic E-state index is -1.09. The highest BCUT2D eigenvalue weighted by molar-refractivity contribution is 6.83. The van der Waals surface area contributed by atoms with E-state index in [4.69, 9.17) is 0 Å². The van der Waals surface area contributed by atoms with E-state index in [1.165, 1.54) is 6.42 Å². The summed E-state index contributed by atoms with van der Waals surface area (Å²) in [5.74, 6) is 1.52. The zero-order valence-corrected chi connectivity index (χ0v) is 10.7. The number of rotatable bonds is 1. The van der Waals surface area contributed by atoms with Crippen LogP contribution >= 0.6 is 0 Å². The van der Waals surface area contributed by atoms with Crippen LogP contribution in [0.4, 0.5) is 0 Å². The molecule has 3 rings (SSSR count). The van der Waals surface area contributed by atoms with Gasteiger partial charge in [0, 0.05) is 11.8 Å². The highest BCUT2D eigenvalue weighted by Crippen LogP contribution is 2.54. The Balaban J connectivity index is 2.09. The fourth-order valence-corrected chi connectivity index (χ4v) is 5.25. The molecule has 0 fully saturated rings. The second-order valence-corrected chi connectivity index (χ2v) is 11.0. The van der Waals surface area contributed by atoms with E-state index in [1.807, 2.05) is 0 Å². The van der Waals surface area contributed by atoms with Gasteiger partial charge in [-0.2, -0.15) is 0 Å². The summed E-state index contributed by atoms with van der Waals surface area (Å²) in [4.78, 5) is 0. The van der Waals surface area contributed by atoms with Crippen molar-refractivity contribution in [3.05, 3.63) is 46.7 Å². The molecule has 0 nitrogen and oxygen atoms in total. The van der Waals surface area contributed by atoms with E-state index in [0.717, 1.165) is 11.8 Å². The molecule has 0 N–H and O–H groups in total. The second-order valence-electron chi connectivity index (χ2n) is 5.90. The summed E-state index contributed by atoms with van der Waals surface area (Å²) < 4.78 is 0. The van der Waals surface area contributed by atoms with Crippen LogP contribution in [0.3, 0.4) is 0 Å². The Morgan fingerprint density at radius 3 is 2.40 bits per heavy atom. The zero-order valence-electron chi connectivity index (χ0n) is 9.75. The van der Waals surface area contributed by atoms with Crippen LogP contribution in [0.1, 0.15) is 29.4 Å². The first-order valence-corrected chi connectivity index (χ1v) is 9.38. The van der Waals surface area contributed by atoms with E-state index in [-0.39, 0.29) is 0 Å². The average Bonchev–Trinajstić information content (AvgIpc) is 2.74. The van der Waals surface area contributed by atoms with Gasteiger partial charge in [-0.25, -0.2) is 0 Å². The number of hydrogen-bond acceptors (Lipinski definition) is 0. The molecular weight excluding hydrogens is 196 g/mol. The average molecular weight is 214 g/mol. The molecule has 15 heavy (non-hydrogen) atoms. The molecule has 0 saturated carbocycles. The SMILES string of the molecule is C[Si](C)(C)C1=CC2CC1c1ccccc12. The predicted octanol–water partition coefficient (Wildman–Crippen LogP) is 4.07. The molecule has 0 spiro atoms. The second kappa shape index (κ2) is 2.85. The molecule has 2 aliphatic carbocycles. The summed E-state index contributed by atoms with van der Waals surface area (Å²) in [6.45, 7) is 7.42. The predicted molar refractivity (Wildman–Crippen MR) is 68.0 cm³/mol. The Morgan fingerprint density at radius 2 is 1.73 bits per heavy atom. The molecule has 0 saturated heterocycles. The Kier molecular flexibility index (Phi) is 1.79. The fourth-order valence-electron chi connectivity index (χ4n) is 3.23. The smallest absolute Gasteiger partial charge is 0.0728 e. The van der Waals surface area contributed by atoms with Crippen molar-refractivity contribution in [3.63, 3.8) is 0 Å². The minimum absolute atomic E-state index is 0.743. The lowest BCUT2D eigenvalue weighted by Gasteiger charge is -2.26. The van der Waals surface area contributed by atoms with E-state index in [2.05, 4.69) is 50.0 Å². The van der Waals surface area contributed by atoms with Crippen LogP contribution in [0, 0.1) is 0 Å². The molecule has 2 atom stereocenters. The van der Waals surface area contributed by atoms with E-state index in [1.54, 1.807) is 16.3 Å². The monoisotopic (exact) mass is 214 g/mol. The summed E-state index contributed by atoms with van der Waals surface area (Å²) in [6.07, 6.45) is 3.94. The fraction of sp³-hybridized carbons (Fsp3) is 0.429. The van der Waals surface area contributed by atoms with E-state index < -0.39 is 8.07 Å². The molecule has 2 aliphatic rings. The van der Waals surface area contributed by atoms with Gasteiger partial charge in [-0.3, -0.25) is 0 Å². The summed E-state index contributed by atoms with van der Waals surface area (Å²) >= 11 is 0. The van der Waals surface area contributed by atoms with Crippen LogP contribution in [0.5, 0.6) is 0 Å². The van der Waals surface area contributed by atoms with Gasteiger partial charge in [0.1, 0.15) is 0 Å². The standard InChI is InChI=1S/C14H18Si/c1-15(2,3)14-9-10-8-13(14)12-7-5-4-6-11(10)12/h4-7,9-10,13H,8H2,1-3H3. The lowest BCUT2D eigenvalue weighted by molar-refractivity contribution is 0.796. The minimum Gasteiger partial charge on any atom is -0.0810 e. The highest BCUT2D eigenvalue weighted by Gasteiger charge is 2.41. The van der Waals surface area contributed by atoms with E-state index in [0.29, 0.717) is 0 Å². The van der Waals surface area contributed by atoms with Crippen molar-refractivity contribution in [2.75, 3.05) is 0 Å². The molecule has 0 amide bonds. The lowest BCUT2D eigenvalue weighted by atomic mass is 9.97. The maximum absolute atomic E-state index is 2.58. The quantitative estimate of drug-likeness (QED) is 0.618. The summed E-state index contributed by atoms with van der Waals surface area (Å²) in [6, 6.07) is 9.04. The third-order valence-electron chi connectivity index (χ3n) is 3.88. The molecule has 2 unspecified atom stereocenters. The van der Waals surface area contributed by atoms with Gasteiger partial charge in [0.15, 0.2) is 0 Å². The largest absolute Gasteiger partial charge is 0.0810 e. The Hall–Kier alpha value is -0.823. The molecular formula is C14H18Si. The van der Waals surface area contributed by atoms with Gasteiger partial charge in [0.25, 0.3) is 0 Å². The summed E-state index contributed by atoms with van der Waals surface area (Å²) in [7, 11) is -1.09. The normalized spacial score (nSPS) is 27.8. The van der Waals surface area contributed by atoms with Gasteiger partial charge < -0.3 is 0 Å². The summed E-state index contributed by atoms with van der Waals surface area (Å²) in [5.41, 5.74) is 3.23. The highest BCUT2D eigenvalue weighted by atomic mass is 28.3. The van der Waals surface area contributed by atoms with Crippen LogP contribution in [-0.4, -0.2) is 8.07 Å². The molecule has 0 aliphatic heterocycles. The van der Waals surface area contributed by atoms with Gasteiger partial charge in [-0.1, -0.05) is 55.2 Å². The van der Waals surface area contributed by atoms with Crippen molar-refractivity contribution in [1.29, 1.82) is 0 Å². The van der Waals surface area contributed by atoms with Gasteiger partial charge in [0.2, 0.25) is 0 Å².